The van der Waals surface area contributed by atoms with E-state index in [1.165, 1.54) is 0 Å². The normalized spacial score (nSPS) is 22.6. The van der Waals surface area contributed by atoms with Crippen molar-refractivity contribution in [1.82, 2.24) is 9.80 Å². The Balaban J connectivity index is 1.54. The van der Waals surface area contributed by atoms with E-state index in [0.717, 1.165) is 24.0 Å². The summed E-state index contributed by atoms with van der Waals surface area (Å²) in [4.78, 5) is 29.0. The second-order valence-electron chi connectivity index (χ2n) is 7.87. The van der Waals surface area contributed by atoms with Gasteiger partial charge in [-0.05, 0) is 36.2 Å². The molecule has 2 heterocycles. The zero-order valence-corrected chi connectivity index (χ0v) is 17.1. The molecule has 2 aromatic carbocycles. The number of unbranched alkanes of at least 4 members (excludes halogenated alkanes) is 1. The number of rotatable bonds is 4. The van der Waals surface area contributed by atoms with Gasteiger partial charge in [-0.1, -0.05) is 49.1 Å². The van der Waals surface area contributed by atoms with E-state index in [4.69, 9.17) is 0 Å². The fourth-order valence-electron chi connectivity index (χ4n) is 4.50. The average Bonchev–Trinajstić information content (AvgIpc) is 2.76. The van der Waals surface area contributed by atoms with Crippen LogP contribution in [0.2, 0.25) is 0 Å². The summed E-state index contributed by atoms with van der Waals surface area (Å²) in [6.07, 6.45) is 1.91. The highest BCUT2D eigenvalue weighted by Gasteiger charge is 2.54. The van der Waals surface area contributed by atoms with Crippen LogP contribution >= 0.6 is 0 Å². The van der Waals surface area contributed by atoms with Gasteiger partial charge in [0.2, 0.25) is 5.91 Å². The Bertz CT molecular complexity index is 975. The molecule has 3 atom stereocenters. The molecular weight excluding hydrogens is 376 g/mol. The van der Waals surface area contributed by atoms with Crippen molar-refractivity contribution < 1.29 is 14.7 Å². The molecule has 2 amide bonds. The summed E-state index contributed by atoms with van der Waals surface area (Å²) in [7, 11) is 0. The minimum atomic E-state index is -0.242. The SMILES string of the molecule is CCCC#Cc1ccc([C@H]2[C@@H](CO)N3C(=O)CN(C(=O)c4ccccc4)C[C@H]23)cc1. The zero-order chi connectivity index (χ0) is 21.1. The Morgan fingerprint density at radius 1 is 1.13 bits per heavy atom. The van der Waals surface area contributed by atoms with Crippen LogP contribution in [0.15, 0.2) is 54.6 Å². The molecule has 5 heteroatoms. The monoisotopic (exact) mass is 402 g/mol. The van der Waals surface area contributed by atoms with Crippen LogP contribution < -0.4 is 0 Å². The van der Waals surface area contributed by atoms with Crippen LogP contribution in [0.3, 0.4) is 0 Å². The first-order chi connectivity index (χ1) is 14.6. The molecule has 0 bridgehead atoms. The van der Waals surface area contributed by atoms with E-state index in [-0.39, 0.29) is 43.0 Å². The molecule has 154 valence electrons. The number of carbonyl (C=O) groups is 2. The summed E-state index contributed by atoms with van der Waals surface area (Å²) in [6.45, 7) is 2.54. The smallest absolute Gasteiger partial charge is 0.254 e. The zero-order valence-electron chi connectivity index (χ0n) is 17.1. The summed E-state index contributed by atoms with van der Waals surface area (Å²) in [5.41, 5.74) is 2.62. The third kappa shape index (κ3) is 3.71. The molecule has 0 unspecified atom stereocenters. The summed E-state index contributed by atoms with van der Waals surface area (Å²) < 4.78 is 0. The van der Waals surface area contributed by atoms with Gasteiger partial charge in [-0.2, -0.15) is 0 Å². The van der Waals surface area contributed by atoms with Gasteiger partial charge in [-0.3, -0.25) is 9.59 Å². The highest BCUT2D eigenvalue weighted by molar-refractivity contribution is 5.97. The van der Waals surface area contributed by atoms with Gasteiger partial charge in [0.05, 0.1) is 18.7 Å². The van der Waals surface area contributed by atoms with Crippen molar-refractivity contribution in [2.75, 3.05) is 19.7 Å². The van der Waals surface area contributed by atoms with Crippen LogP contribution in [0.1, 0.15) is 47.2 Å². The Morgan fingerprint density at radius 2 is 1.87 bits per heavy atom. The maximum atomic E-state index is 12.9. The lowest BCUT2D eigenvalue weighted by molar-refractivity contribution is -0.159. The molecule has 2 aliphatic rings. The number of benzene rings is 2. The molecule has 2 saturated heterocycles. The molecule has 30 heavy (non-hydrogen) atoms. The number of fused-ring (bicyclic) bond motifs is 1. The van der Waals surface area contributed by atoms with Gasteiger partial charge in [0.15, 0.2) is 0 Å². The third-order valence-electron chi connectivity index (χ3n) is 5.96. The third-order valence-corrected chi connectivity index (χ3v) is 5.96. The maximum Gasteiger partial charge on any atom is 0.254 e. The van der Waals surface area contributed by atoms with Crippen molar-refractivity contribution in [2.24, 2.45) is 0 Å². The van der Waals surface area contributed by atoms with Gasteiger partial charge in [0.1, 0.15) is 6.54 Å². The number of hydrogen-bond acceptors (Lipinski definition) is 3. The van der Waals surface area contributed by atoms with Crippen LogP contribution in [-0.4, -0.2) is 58.5 Å². The molecule has 4 rings (SSSR count). The lowest BCUT2D eigenvalue weighted by atomic mass is 9.73. The second-order valence-corrected chi connectivity index (χ2v) is 7.87. The number of carbonyl (C=O) groups excluding carboxylic acids is 2. The topological polar surface area (TPSA) is 60.9 Å². The highest BCUT2D eigenvalue weighted by Crippen LogP contribution is 2.43. The first-order valence-electron chi connectivity index (χ1n) is 10.5. The second kappa shape index (κ2) is 8.73. The Morgan fingerprint density at radius 3 is 2.53 bits per heavy atom. The predicted molar refractivity (Wildman–Crippen MR) is 115 cm³/mol. The van der Waals surface area contributed by atoms with E-state index in [0.29, 0.717) is 12.1 Å². The Hall–Kier alpha value is -3.10. The molecule has 0 saturated carbocycles. The van der Waals surface area contributed by atoms with E-state index in [1.54, 1.807) is 21.9 Å². The van der Waals surface area contributed by atoms with Crippen molar-refractivity contribution in [2.45, 2.75) is 37.8 Å². The van der Waals surface area contributed by atoms with Crippen LogP contribution in [-0.2, 0) is 4.79 Å². The van der Waals surface area contributed by atoms with Gasteiger partial charge in [-0.15, -0.1) is 0 Å². The molecule has 0 radical (unpaired) electrons. The minimum Gasteiger partial charge on any atom is -0.394 e. The Labute approximate surface area is 177 Å². The van der Waals surface area contributed by atoms with E-state index in [2.05, 4.69) is 18.8 Å². The lowest BCUT2D eigenvalue weighted by Crippen LogP contribution is -2.73. The number of nitrogens with zero attached hydrogens (tertiary/aromatic N) is 2. The van der Waals surface area contributed by atoms with Crippen LogP contribution in [0.5, 0.6) is 0 Å². The molecule has 5 nitrogen and oxygen atoms in total. The summed E-state index contributed by atoms with van der Waals surface area (Å²) in [5.74, 6) is 6.08. The van der Waals surface area contributed by atoms with Crippen molar-refractivity contribution in [3.05, 3.63) is 71.3 Å². The van der Waals surface area contributed by atoms with Gasteiger partial charge in [-0.25, -0.2) is 0 Å². The maximum absolute atomic E-state index is 12.9. The number of piperazine rings is 1. The van der Waals surface area contributed by atoms with Gasteiger partial charge in [0.25, 0.3) is 5.91 Å². The largest absolute Gasteiger partial charge is 0.394 e. The van der Waals surface area contributed by atoms with E-state index in [1.807, 2.05) is 42.5 Å². The number of aliphatic hydroxyl groups is 1. The first kappa shape index (κ1) is 20.2. The molecule has 2 aromatic rings. The lowest BCUT2D eigenvalue weighted by Gasteiger charge is -2.58. The average molecular weight is 402 g/mol. The molecule has 2 aliphatic heterocycles. The molecular formula is C25H26N2O3. The van der Waals surface area contributed by atoms with E-state index in [9.17, 15) is 14.7 Å². The highest BCUT2D eigenvalue weighted by atomic mass is 16.3. The van der Waals surface area contributed by atoms with Crippen molar-refractivity contribution >= 4 is 11.8 Å². The molecule has 0 aliphatic carbocycles. The summed E-state index contributed by atoms with van der Waals surface area (Å²) in [5, 5.41) is 9.93. The van der Waals surface area contributed by atoms with Gasteiger partial charge < -0.3 is 14.9 Å². The van der Waals surface area contributed by atoms with Crippen molar-refractivity contribution in [1.29, 1.82) is 0 Å². The molecule has 2 fully saturated rings. The fourth-order valence-corrected chi connectivity index (χ4v) is 4.50. The summed E-state index contributed by atoms with van der Waals surface area (Å²) >= 11 is 0. The van der Waals surface area contributed by atoms with Crippen LogP contribution in [0.25, 0.3) is 0 Å². The van der Waals surface area contributed by atoms with E-state index < -0.39 is 0 Å². The van der Waals surface area contributed by atoms with Crippen LogP contribution in [0, 0.1) is 11.8 Å². The van der Waals surface area contributed by atoms with Crippen molar-refractivity contribution in [3.8, 4) is 11.8 Å². The summed E-state index contributed by atoms with van der Waals surface area (Å²) in [6, 6.07) is 16.7. The molecule has 0 spiro atoms. The quantitative estimate of drug-likeness (QED) is 0.800. The first-order valence-corrected chi connectivity index (χ1v) is 10.5. The van der Waals surface area contributed by atoms with Crippen molar-refractivity contribution in [3.63, 3.8) is 0 Å². The number of hydrogen-bond donors (Lipinski definition) is 1. The number of amides is 2. The fraction of sp³-hybridized carbons (Fsp3) is 0.360. The molecule has 1 N–H and O–H groups in total. The van der Waals surface area contributed by atoms with Gasteiger partial charge >= 0.3 is 0 Å². The van der Waals surface area contributed by atoms with Gasteiger partial charge in [0, 0.05) is 30.0 Å². The van der Waals surface area contributed by atoms with E-state index >= 15 is 0 Å². The predicted octanol–water partition coefficient (Wildman–Crippen LogP) is 2.65. The standard InChI is InChI=1S/C25H26N2O3/c1-2-3-5-8-18-11-13-19(14-12-18)24-21-15-26(16-23(29)27(21)22(24)17-28)25(30)20-9-6-4-7-10-20/h4,6-7,9-14,21-22,24,28H,2-3,15-17H2,1H3/t21-,22-,24-/m1/s1. The van der Waals surface area contributed by atoms with Crippen LogP contribution in [0.4, 0.5) is 0 Å². The molecule has 0 aromatic heterocycles. The number of aliphatic hydroxyl groups excluding tert-OH is 1. The Kier molecular flexibility index (Phi) is 5.87. The minimum absolute atomic E-state index is 0.00275.